The molecule has 1 aromatic rings. The Morgan fingerprint density at radius 2 is 2.17 bits per heavy atom. The maximum atomic E-state index is 11.0. The summed E-state index contributed by atoms with van der Waals surface area (Å²) in [6.45, 7) is 4.00. The lowest BCUT2D eigenvalue weighted by atomic mass is 9.77. The number of rotatable bonds is 2. The van der Waals surface area contributed by atoms with Gasteiger partial charge < -0.3 is 14.8 Å². The first kappa shape index (κ1) is 14.9. The van der Waals surface area contributed by atoms with Crippen LogP contribution in [-0.4, -0.2) is 34.6 Å². The van der Waals surface area contributed by atoms with Crippen LogP contribution in [-0.2, 0) is 6.42 Å². The van der Waals surface area contributed by atoms with Gasteiger partial charge in [0.15, 0.2) is 0 Å². The van der Waals surface area contributed by atoms with Crippen LogP contribution in [0.2, 0.25) is 0 Å². The lowest BCUT2D eigenvalue weighted by molar-refractivity contribution is 0.0694. The van der Waals surface area contributed by atoms with Crippen molar-refractivity contribution in [2.45, 2.75) is 25.4 Å². The molecule has 1 heterocycles. The summed E-state index contributed by atoms with van der Waals surface area (Å²) in [5.74, 6) is -0.737. The quantitative estimate of drug-likeness (QED) is 0.804. The third-order valence-electron chi connectivity index (χ3n) is 2.61. The Balaban J connectivity index is 0.000000771. The molecule has 2 N–H and O–H groups in total. The van der Waals surface area contributed by atoms with Crippen molar-refractivity contribution in [2.24, 2.45) is 0 Å². The number of thioether (sulfide) groups is 1. The van der Waals surface area contributed by atoms with E-state index < -0.39 is 13.1 Å². The fraction of sp³-hybridized carbons (Fsp3) is 0.417. The van der Waals surface area contributed by atoms with Gasteiger partial charge in [-0.1, -0.05) is 26.0 Å². The lowest BCUT2D eigenvalue weighted by Crippen LogP contribution is -2.40. The molecular formula is C12H17BO4S. The first-order valence-corrected chi connectivity index (χ1v) is 7.15. The monoisotopic (exact) mass is 268 g/mol. The van der Waals surface area contributed by atoms with E-state index in [0.717, 1.165) is 5.56 Å². The number of fused-ring (bicyclic) bond motifs is 1. The molecule has 6 heteroatoms. The summed E-state index contributed by atoms with van der Waals surface area (Å²) < 4.78 is 5.28. The third-order valence-corrected chi connectivity index (χ3v) is 3.61. The minimum atomic E-state index is -1.04. The molecule has 0 aliphatic carbocycles. The molecular weight excluding hydrogens is 251 g/mol. The Labute approximate surface area is 112 Å². The van der Waals surface area contributed by atoms with Crippen molar-refractivity contribution < 1.29 is 19.6 Å². The number of carboxylic acid groups (broad SMARTS) is 1. The van der Waals surface area contributed by atoms with E-state index in [-0.39, 0.29) is 10.7 Å². The molecule has 1 aliphatic heterocycles. The van der Waals surface area contributed by atoms with Gasteiger partial charge >= 0.3 is 13.1 Å². The molecule has 1 unspecified atom stereocenters. The number of carboxylic acids is 1. The van der Waals surface area contributed by atoms with Crippen LogP contribution < -0.4 is 4.65 Å². The van der Waals surface area contributed by atoms with Crippen molar-refractivity contribution in [1.29, 1.82) is 0 Å². The maximum Gasteiger partial charge on any atom is 0.536 e. The summed E-state index contributed by atoms with van der Waals surface area (Å²) in [4.78, 5) is 11.0. The highest BCUT2D eigenvalue weighted by atomic mass is 32.2. The Kier molecular flexibility index (Phi) is 5.56. The Bertz CT molecular complexity index is 425. The van der Waals surface area contributed by atoms with Gasteiger partial charge in [-0.15, -0.1) is 0 Å². The fourth-order valence-corrected chi connectivity index (χ4v) is 2.40. The van der Waals surface area contributed by atoms with Crippen LogP contribution in [0.3, 0.4) is 0 Å². The fourth-order valence-electron chi connectivity index (χ4n) is 1.77. The SMILES string of the molecule is CC.CSC1Cc2cccc(C(=O)O)c2OB1O. The van der Waals surface area contributed by atoms with Gasteiger partial charge in [-0.05, 0) is 24.3 Å². The third kappa shape index (κ3) is 3.00. The van der Waals surface area contributed by atoms with Gasteiger partial charge in [-0.3, -0.25) is 0 Å². The summed E-state index contributed by atoms with van der Waals surface area (Å²) in [7, 11) is -0.942. The molecule has 1 aromatic carbocycles. The second-order valence-corrected chi connectivity index (χ2v) is 4.66. The van der Waals surface area contributed by atoms with Gasteiger partial charge in [-0.25, -0.2) is 4.79 Å². The number of hydrogen-bond acceptors (Lipinski definition) is 4. The molecule has 2 rings (SSSR count). The molecule has 98 valence electrons. The van der Waals surface area contributed by atoms with E-state index >= 15 is 0 Å². The minimum absolute atomic E-state index is 0.0449. The Morgan fingerprint density at radius 1 is 1.50 bits per heavy atom. The van der Waals surface area contributed by atoms with E-state index in [1.807, 2.05) is 26.2 Å². The number of hydrogen-bond donors (Lipinski definition) is 2. The number of benzene rings is 1. The molecule has 1 atom stereocenters. The lowest BCUT2D eigenvalue weighted by Gasteiger charge is -2.27. The second kappa shape index (κ2) is 6.71. The predicted molar refractivity (Wildman–Crippen MR) is 74.4 cm³/mol. The summed E-state index contributed by atoms with van der Waals surface area (Å²) >= 11 is 1.51. The van der Waals surface area contributed by atoms with Crippen molar-refractivity contribution in [1.82, 2.24) is 0 Å². The molecule has 18 heavy (non-hydrogen) atoms. The van der Waals surface area contributed by atoms with Gasteiger partial charge in [0.25, 0.3) is 0 Å². The predicted octanol–water partition coefficient (Wildman–Crippen LogP) is 2.10. The molecule has 0 aromatic heterocycles. The van der Waals surface area contributed by atoms with Crippen LogP contribution in [0.25, 0.3) is 0 Å². The molecule has 0 bridgehead atoms. The number of aromatic carboxylic acids is 1. The molecule has 4 nitrogen and oxygen atoms in total. The van der Waals surface area contributed by atoms with Crippen LogP contribution in [0.15, 0.2) is 18.2 Å². The minimum Gasteiger partial charge on any atom is -0.535 e. The highest BCUT2D eigenvalue weighted by Crippen LogP contribution is 2.33. The Morgan fingerprint density at radius 3 is 2.72 bits per heavy atom. The standard InChI is InChI=1S/C10H11BO4S.C2H6/c1-16-8-5-6-3-2-4-7(10(12)13)9(6)15-11(8)14;1-2/h2-4,8,14H,5H2,1H3,(H,12,13);1-2H3. The van der Waals surface area contributed by atoms with Crippen molar-refractivity contribution >= 4 is 24.8 Å². The van der Waals surface area contributed by atoms with Crippen molar-refractivity contribution in [3.63, 3.8) is 0 Å². The van der Waals surface area contributed by atoms with Crippen LogP contribution >= 0.6 is 11.8 Å². The van der Waals surface area contributed by atoms with Crippen molar-refractivity contribution in [3.8, 4) is 5.75 Å². The molecule has 0 saturated carbocycles. The zero-order valence-corrected chi connectivity index (χ0v) is 11.5. The molecule has 1 aliphatic rings. The van der Waals surface area contributed by atoms with Crippen molar-refractivity contribution in [2.75, 3.05) is 6.26 Å². The van der Waals surface area contributed by atoms with E-state index in [4.69, 9.17) is 9.76 Å². The Hall–Kier alpha value is -1.14. The van der Waals surface area contributed by atoms with Crippen LogP contribution in [0.5, 0.6) is 5.75 Å². The van der Waals surface area contributed by atoms with Gasteiger partial charge in [0.2, 0.25) is 0 Å². The van der Waals surface area contributed by atoms with Gasteiger partial charge in [-0.2, -0.15) is 11.8 Å². The van der Waals surface area contributed by atoms with Crippen molar-refractivity contribution in [3.05, 3.63) is 29.3 Å². The zero-order valence-electron chi connectivity index (χ0n) is 10.7. The topological polar surface area (TPSA) is 66.8 Å². The van der Waals surface area contributed by atoms with Crippen LogP contribution in [0.4, 0.5) is 0 Å². The van der Waals surface area contributed by atoms with Gasteiger partial charge in [0, 0.05) is 0 Å². The van der Waals surface area contributed by atoms with E-state index in [0.29, 0.717) is 12.2 Å². The first-order valence-electron chi connectivity index (χ1n) is 5.86. The maximum absolute atomic E-state index is 11.0. The zero-order chi connectivity index (χ0) is 13.7. The van der Waals surface area contributed by atoms with Gasteiger partial charge in [0.1, 0.15) is 5.75 Å². The largest absolute Gasteiger partial charge is 0.536 e. The highest BCUT2D eigenvalue weighted by Gasteiger charge is 2.35. The summed E-state index contributed by atoms with van der Waals surface area (Å²) in [5, 5.41) is 18.6. The highest BCUT2D eigenvalue weighted by molar-refractivity contribution is 8.00. The summed E-state index contributed by atoms with van der Waals surface area (Å²) in [6.07, 6.45) is 2.52. The number of para-hydroxylation sites is 1. The molecule has 0 saturated heterocycles. The molecule has 0 fully saturated rings. The second-order valence-electron chi connectivity index (χ2n) is 3.59. The summed E-state index contributed by atoms with van der Waals surface area (Å²) in [5.41, 5.74) is 0.945. The van der Waals surface area contributed by atoms with Crippen LogP contribution in [0.1, 0.15) is 29.8 Å². The van der Waals surface area contributed by atoms with Gasteiger partial charge in [0.05, 0.1) is 10.7 Å². The molecule has 0 spiro atoms. The average Bonchev–Trinajstić information content (AvgIpc) is 2.39. The smallest absolute Gasteiger partial charge is 0.535 e. The molecule has 0 radical (unpaired) electrons. The van der Waals surface area contributed by atoms with E-state index in [1.54, 1.807) is 6.07 Å². The normalized spacial score (nSPS) is 17.1. The summed E-state index contributed by atoms with van der Waals surface area (Å²) in [6, 6.07) is 5.00. The van der Waals surface area contributed by atoms with Crippen LogP contribution in [0, 0.1) is 0 Å². The first-order chi connectivity index (χ1) is 8.63. The number of carbonyl (C=O) groups is 1. The molecule has 0 amide bonds. The average molecular weight is 268 g/mol. The van der Waals surface area contributed by atoms with E-state index in [1.165, 1.54) is 17.8 Å². The van der Waals surface area contributed by atoms with E-state index in [9.17, 15) is 9.82 Å². The van der Waals surface area contributed by atoms with E-state index in [2.05, 4.69) is 0 Å².